The van der Waals surface area contributed by atoms with Crippen LogP contribution >= 0.6 is 23.2 Å². The second-order valence-corrected chi connectivity index (χ2v) is 10.1. The van der Waals surface area contributed by atoms with Gasteiger partial charge in [-0.15, -0.1) is 0 Å². The van der Waals surface area contributed by atoms with Gasteiger partial charge in [-0.05, 0) is 48.7 Å². The molecule has 0 aliphatic carbocycles. The van der Waals surface area contributed by atoms with Crippen LogP contribution < -0.4 is 5.32 Å². The Morgan fingerprint density at radius 2 is 1.68 bits per heavy atom. The average Bonchev–Trinajstić information content (AvgIpc) is 2.70. The number of nitrogens with one attached hydrogen (secondary N) is 1. The Kier molecular flexibility index (Phi) is 7.20. The zero-order valence-corrected chi connectivity index (χ0v) is 18.5. The molecular weight excluding hydrogens is 476 g/mol. The molecule has 11 heteroatoms. The molecule has 0 unspecified atom stereocenters. The SMILES string of the molecule is O=C(Nc1cc(C(F)(F)F)ccc1Cl)C1CCN(S(=O)(=O)Cc2ccc(Cl)cc2)CC1. The zero-order valence-electron chi connectivity index (χ0n) is 16.1. The van der Waals surface area contributed by atoms with Gasteiger partial charge in [-0.1, -0.05) is 35.3 Å². The summed E-state index contributed by atoms with van der Waals surface area (Å²) in [5.74, 6) is -1.20. The van der Waals surface area contributed by atoms with E-state index in [-0.39, 0.29) is 42.4 Å². The van der Waals surface area contributed by atoms with Gasteiger partial charge in [0.15, 0.2) is 0 Å². The van der Waals surface area contributed by atoms with Crippen molar-refractivity contribution < 1.29 is 26.4 Å². The summed E-state index contributed by atoms with van der Waals surface area (Å²) in [7, 11) is -3.57. The van der Waals surface area contributed by atoms with Crippen LogP contribution in [0.1, 0.15) is 24.0 Å². The van der Waals surface area contributed by atoms with E-state index in [0.717, 1.165) is 18.2 Å². The third-order valence-corrected chi connectivity index (χ3v) is 7.46. The predicted molar refractivity (Wildman–Crippen MR) is 113 cm³/mol. The number of alkyl halides is 3. The fourth-order valence-electron chi connectivity index (χ4n) is 3.31. The summed E-state index contributed by atoms with van der Waals surface area (Å²) in [5.41, 5.74) is -0.446. The molecule has 0 saturated carbocycles. The maximum absolute atomic E-state index is 12.9. The van der Waals surface area contributed by atoms with Gasteiger partial charge in [0, 0.05) is 24.0 Å². The number of anilines is 1. The van der Waals surface area contributed by atoms with Gasteiger partial charge in [-0.3, -0.25) is 4.79 Å². The first kappa shape index (κ1) is 23.8. The van der Waals surface area contributed by atoms with Crippen LogP contribution in [-0.2, 0) is 26.7 Å². The smallest absolute Gasteiger partial charge is 0.325 e. The zero-order chi connectivity index (χ0) is 22.8. The van der Waals surface area contributed by atoms with Crippen LogP contribution in [-0.4, -0.2) is 31.7 Å². The lowest BCUT2D eigenvalue weighted by Crippen LogP contribution is -2.41. The first-order chi connectivity index (χ1) is 14.5. The topological polar surface area (TPSA) is 66.5 Å². The van der Waals surface area contributed by atoms with Gasteiger partial charge in [0.1, 0.15) is 0 Å². The summed E-state index contributed by atoms with van der Waals surface area (Å²) in [4.78, 5) is 12.5. The van der Waals surface area contributed by atoms with Crippen molar-refractivity contribution in [2.24, 2.45) is 5.92 Å². The summed E-state index contributed by atoms with van der Waals surface area (Å²) in [6.45, 7) is 0.286. The molecule has 1 aliphatic heterocycles. The summed E-state index contributed by atoms with van der Waals surface area (Å²) in [6.07, 6.45) is -4.06. The van der Waals surface area contributed by atoms with Gasteiger partial charge in [0.2, 0.25) is 15.9 Å². The third kappa shape index (κ3) is 6.12. The molecule has 1 N–H and O–H groups in total. The van der Waals surface area contributed by atoms with Crippen molar-refractivity contribution in [1.82, 2.24) is 4.31 Å². The molecular formula is C20H19Cl2F3N2O3S. The lowest BCUT2D eigenvalue weighted by Gasteiger charge is -2.30. The quantitative estimate of drug-likeness (QED) is 0.621. The van der Waals surface area contributed by atoms with E-state index in [1.165, 1.54) is 4.31 Å². The van der Waals surface area contributed by atoms with Crippen LogP contribution in [0.15, 0.2) is 42.5 Å². The van der Waals surface area contributed by atoms with Crippen LogP contribution in [0.2, 0.25) is 10.0 Å². The van der Waals surface area contributed by atoms with Crippen LogP contribution in [0.4, 0.5) is 18.9 Å². The second kappa shape index (κ2) is 9.36. The van der Waals surface area contributed by atoms with E-state index < -0.39 is 33.6 Å². The number of carbonyl (C=O) groups is 1. The lowest BCUT2D eigenvalue weighted by molar-refractivity contribution is -0.137. The molecule has 3 rings (SSSR count). The molecule has 168 valence electrons. The predicted octanol–water partition coefficient (Wildman–Crippen LogP) is 5.19. The Morgan fingerprint density at radius 1 is 1.06 bits per heavy atom. The molecule has 1 aliphatic rings. The highest BCUT2D eigenvalue weighted by Crippen LogP contribution is 2.34. The van der Waals surface area contributed by atoms with Crippen LogP contribution in [0, 0.1) is 5.92 Å². The Bertz CT molecular complexity index is 1050. The monoisotopic (exact) mass is 494 g/mol. The first-order valence-corrected chi connectivity index (χ1v) is 11.7. The molecule has 31 heavy (non-hydrogen) atoms. The number of rotatable bonds is 5. The van der Waals surface area contributed by atoms with Crippen molar-refractivity contribution in [2.75, 3.05) is 18.4 Å². The van der Waals surface area contributed by atoms with Crippen molar-refractivity contribution in [3.8, 4) is 0 Å². The summed E-state index contributed by atoms with van der Waals surface area (Å²) in [5, 5.41) is 2.94. The van der Waals surface area contributed by atoms with Gasteiger partial charge in [-0.25, -0.2) is 12.7 Å². The average molecular weight is 495 g/mol. The molecule has 0 atom stereocenters. The van der Waals surface area contributed by atoms with Crippen molar-refractivity contribution in [2.45, 2.75) is 24.8 Å². The molecule has 1 heterocycles. The number of hydrogen-bond acceptors (Lipinski definition) is 3. The van der Waals surface area contributed by atoms with E-state index in [1.807, 2.05) is 0 Å². The van der Waals surface area contributed by atoms with Crippen LogP contribution in [0.25, 0.3) is 0 Å². The highest BCUT2D eigenvalue weighted by atomic mass is 35.5. The fraction of sp³-hybridized carbons (Fsp3) is 0.350. The number of carbonyl (C=O) groups excluding carboxylic acids is 1. The largest absolute Gasteiger partial charge is 0.416 e. The van der Waals surface area contributed by atoms with Gasteiger partial charge >= 0.3 is 6.18 Å². The van der Waals surface area contributed by atoms with Crippen molar-refractivity contribution in [3.05, 3.63) is 63.6 Å². The lowest BCUT2D eigenvalue weighted by atomic mass is 9.97. The van der Waals surface area contributed by atoms with E-state index in [0.29, 0.717) is 10.6 Å². The Morgan fingerprint density at radius 3 is 2.26 bits per heavy atom. The minimum atomic E-state index is -4.56. The van der Waals surface area contributed by atoms with E-state index in [4.69, 9.17) is 23.2 Å². The minimum absolute atomic E-state index is 0.00988. The van der Waals surface area contributed by atoms with Crippen molar-refractivity contribution in [1.29, 1.82) is 0 Å². The Balaban J connectivity index is 1.60. The van der Waals surface area contributed by atoms with Gasteiger partial charge in [0.25, 0.3) is 0 Å². The fourth-order valence-corrected chi connectivity index (χ4v) is 5.17. The number of amides is 1. The molecule has 0 radical (unpaired) electrons. The molecule has 0 aromatic heterocycles. The van der Waals surface area contributed by atoms with E-state index >= 15 is 0 Å². The number of piperidine rings is 1. The number of hydrogen-bond donors (Lipinski definition) is 1. The maximum atomic E-state index is 12.9. The molecule has 1 amide bonds. The number of benzene rings is 2. The number of halogens is 5. The van der Waals surface area contributed by atoms with Crippen molar-refractivity contribution in [3.63, 3.8) is 0 Å². The number of nitrogens with zero attached hydrogens (tertiary/aromatic N) is 1. The normalized spacial score (nSPS) is 16.3. The highest BCUT2D eigenvalue weighted by Gasteiger charge is 2.33. The Hall–Kier alpha value is -1.81. The first-order valence-electron chi connectivity index (χ1n) is 9.35. The summed E-state index contributed by atoms with van der Waals surface area (Å²) in [6, 6.07) is 9.20. The molecule has 2 aromatic carbocycles. The summed E-state index contributed by atoms with van der Waals surface area (Å²) >= 11 is 11.7. The minimum Gasteiger partial charge on any atom is -0.325 e. The third-order valence-electron chi connectivity index (χ3n) is 5.03. The standard InChI is InChI=1S/C20H19Cl2F3N2O3S/c21-16-4-1-13(2-5-16)12-31(29,30)27-9-7-14(8-10-27)19(28)26-18-11-15(20(23,24)25)3-6-17(18)22/h1-6,11,14H,7-10,12H2,(H,26,28). The van der Waals surface area contributed by atoms with Crippen LogP contribution in [0.3, 0.4) is 0 Å². The maximum Gasteiger partial charge on any atom is 0.416 e. The van der Waals surface area contributed by atoms with E-state index in [2.05, 4.69) is 5.32 Å². The van der Waals surface area contributed by atoms with Gasteiger partial charge in [-0.2, -0.15) is 13.2 Å². The molecule has 1 saturated heterocycles. The van der Waals surface area contributed by atoms with E-state index in [9.17, 15) is 26.4 Å². The van der Waals surface area contributed by atoms with E-state index in [1.54, 1.807) is 24.3 Å². The van der Waals surface area contributed by atoms with Crippen LogP contribution in [0.5, 0.6) is 0 Å². The van der Waals surface area contributed by atoms with Gasteiger partial charge in [0.05, 0.1) is 22.0 Å². The van der Waals surface area contributed by atoms with Gasteiger partial charge < -0.3 is 5.32 Å². The molecule has 5 nitrogen and oxygen atoms in total. The Labute approximate surface area is 188 Å². The summed E-state index contributed by atoms with van der Waals surface area (Å²) < 4.78 is 65.3. The van der Waals surface area contributed by atoms with Crippen molar-refractivity contribution >= 4 is 44.8 Å². The molecule has 0 bridgehead atoms. The highest BCUT2D eigenvalue weighted by molar-refractivity contribution is 7.88. The molecule has 0 spiro atoms. The number of sulfonamides is 1. The molecule has 1 fully saturated rings. The second-order valence-electron chi connectivity index (χ2n) is 7.24. The molecule has 2 aromatic rings.